The third-order valence-electron chi connectivity index (χ3n) is 3.91. The maximum atomic E-state index is 14.2. The first-order chi connectivity index (χ1) is 14.0. The van der Waals surface area contributed by atoms with Crippen LogP contribution in [0.25, 0.3) is 5.65 Å². The number of aromatic nitrogens is 4. The number of amides is 1. The van der Waals surface area contributed by atoms with Gasteiger partial charge in [0.25, 0.3) is 12.1 Å². The van der Waals surface area contributed by atoms with E-state index in [-0.39, 0.29) is 17.0 Å². The van der Waals surface area contributed by atoms with Crippen LogP contribution in [-0.4, -0.2) is 50.5 Å². The Labute approximate surface area is 163 Å². The third-order valence-corrected chi connectivity index (χ3v) is 3.91. The number of amidine groups is 2. The first kappa shape index (κ1) is 18.0. The topological polar surface area (TPSA) is 108 Å². The molecule has 2 aromatic heterocycles. The van der Waals surface area contributed by atoms with Crippen LogP contribution in [0.3, 0.4) is 0 Å². The maximum absolute atomic E-state index is 14.2. The number of nitrogens with one attached hydrogen (secondary N) is 1. The first-order valence-corrected chi connectivity index (χ1v) is 8.37. The summed E-state index contributed by atoms with van der Waals surface area (Å²) in [5.74, 6) is 5.93. The number of halogens is 1. The highest BCUT2D eigenvalue weighted by molar-refractivity contribution is 6.37. The summed E-state index contributed by atoms with van der Waals surface area (Å²) < 4.78 is 24.8. The highest BCUT2D eigenvalue weighted by Gasteiger charge is 2.19. The van der Waals surface area contributed by atoms with Gasteiger partial charge in [0.1, 0.15) is 5.82 Å². The number of nitrogens with zero attached hydrogens (tertiary/aromatic N) is 6. The highest BCUT2D eigenvalue weighted by Crippen LogP contribution is 2.11. The van der Waals surface area contributed by atoms with Crippen molar-refractivity contribution >= 4 is 29.4 Å². The Morgan fingerprint density at radius 2 is 2.17 bits per heavy atom. The summed E-state index contributed by atoms with van der Waals surface area (Å²) in [5, 5.41) is 10.5. The highest BCUT2D eigenvalue weighted by atomic mass is 19.1. The Kier molecular flexibility index (Phi) is 4.57. The van der Waals surface area contributed by atoms with Crippen molar-refractivity contribution in [2.75, 3.05) is 7.11 Å². The van der Waals surface area contributed by atoms with Crippen LogP contribution in [0, 0.1) is 17.7 Å². The van der Waals surface area contributed by atoms with Gasteiger partial charge in [0.05, 0.1) is 32.0 Å². The number of carbonyl (C=O) groups excluding carboxylic acids is 1. The Hall–Kier alpha value is -4.35. The quantitative estimate of drug-likeness (QED) is 0.502. The van der Waals surface area contributed by atoms with Gasteiger partial charge >= 0.3 is 11.7 Å². The third kappa shape index (κ3) is 3.71. The average Bonchev–Trinajstić information content (AvgIpc) is 3.32. The molecular weight excluding hydrogens is 377 g/mol. The summed E-state index contributed by atoms with van der Waals surface area (Å²) in [6, 6.07) is 3.89. The lowest BCUT2D eigenvalue weighted by molar-refractivity contribution is 0.0977. The molecule has 0 spiro atoms. The molecule has 4 rings (SSSR count). The summed E-state index contributed by atoms with van der Waals surface area (Å²) in [7, 11) is 1.48. The van der Waals surface area contributed by atoms with E-state index in [0.717, 1.165) is 0 Å². The number of hydrogen-bond acceptors (Lipinski definition) is 6. The van der Waals surface area contributed by atoms with Gasteiger partial charge in [-0.05, 0) is 29.1 Å². The van der Waals surface area contributed by atoms with Gasteiger partial charge in [-0.25, -0.2) is 14.0 Å². The molecule has 9 nitrogen and oxygen atoms in total. The molecule has 0 fully saturated rings. The van der Waals surface area contributed by atoms with Crippen molar-refractivity contribution in [3.8, 4) is 17.7 Å². The molecule has 0 saturated heterocycles. The van der Waals surface area contributed by atoms with E-state index in [0.29, 0.717) is 23.2 Å². The fraction of sp³-hybridized carbons (Fsp3) is 0.105. The molecule has 0 aliphatic carbocycles. The van der Waals surface area contributed by atoms with E-state index in [9.17, 15) is 9.18 Å². The maximum Gasteiger partial charge on any atom is 0.389 e. The minimum Gasteiger partial charge on any atom is -0.480 e. The van der Waals surface area contributed by atoms with Crippen LogP contribution in [0.5, 0.6) is 5.88 Å². The van der Waals surface area contributed by atoms with Crippen molar-refractivity contribution in [2.24, 2.45) is 4.99 Å². The fourth-order valence-electron chi connectivity index (χ4n) is 2.50. The monoisotopic (exact) mass is 390 g/mol. The predicted octanol–water partition coefficient (Wildman–Crippen LogP) is 0.370. The summed E-state index contributed by atoms with van der Waals surface area (Å²) in [4.78, 5) is 20.4. The smallest absolute Gasteiger partial charge is 0.389 e. The van der Waals surface area contributed by atoms with Crippen molar-refractivity contribution in [3.63, 3.8) is 0 Å². The van der Waals surface area contributed by atoms with Crippen LogP contribution in [0.1, 0.15) is 28.7 Å². The van der Waals surface area contributed by atoms with Gasteiger partial charge in [0.15, 0.2) is 5.65 Å². The summed E-state index contributed by atoms with van der Waals surface area (Å²) in [6.07, 6.45) is 4.50. The lowest BCUT2D eigenvalue weighted by atomic mass is 10.1. The molecule has 1 aliphatic heterocycles. The summed E-state index contributed by atoms with van der Waals surface area (Å²) in [5.41, 5.74) is 0.739. The van der Waals surface area contributed by atoms with Crippen molar-refractivity contribution in [3.05, 3.63) is 53.4 Å². The molecule has 3 aromatic rings. The van der Waals surface area contributed by atoms with E-state index in [1.54, 1.807) is 17.5 Å². The number of aliphatic imine (C=N–C) groups is 1. The van der Waals surface area contributed by atoms with Gasteiger partial charge in [-0.2, -0.15) is 0 Å². The van der Waals surface area contributed by atoms with Gasteiger partial charge in [-0.1, -0.05) is 5.92 Å². The molecule has 1 amide bonds. The van der Waals surface area contributed by atoms with Crippen LogP contribution < -0.4 is 14.7 Å². The molecular formula is C19H13FN7O2+. The van der Waals surface area contributed by atoms with Gasteiger partial charge in [0, 0.05) is 5.56 Å². The SMILES string of the molecule is COc1cn2c(C#Cc3cc(C(=O)NC4=NC(C)=[N+]=C4)ccc3F)nnc2cn1. The molecule has 1 aliphatic rings. The lowest BCUT2D eigenvalue weighted by Gasteiger charge is -2.02. The number of ether oxygens (including phenoxy) is 1. The molecule has 1 aromatic carbocycles. The van der Waals surface area contributed by atoms with Crippen LogP contribution in [0.2, 0.25) is 0 Å². The molecule has 29 heavy (non-hydrogen) atoms. The second-order valence-corrected chi connectivity index (χ2v) is 5.88. The largest absolute Gasteiger partial charge is 0.480 e. The number of benzene rings is 1. The van der Waals surface area contributed by atoms with Crippen molar-refractivity contribution < 1.29 is 13.9 Å². The fourth-order valence-corrected chi connectivity index (χ4v) is 2.50. The second-order valence-electron chi connectivity index (χ2n) is 5.88. The lowest BCUT2D eigenvalue weighted by Crippen LogP contribution is -2.31. The van der Waals surface area contributed by atoms with E-state index in [1.165, 1.54) is 37.7 Å². The summed E-state index contributed by atoms with van der Waals surface area (Å²) in [6.45, 7) is 1.71. The van der Waals surface area contributed by atoms with Crippen molar-refractivity contribution in [2.45, 2.75) is 6.92 Å². The van der Waals surface area contributed by atoms with E-state index in [1.807, 2.05) is 0 Å². The van der Waals surface area contributed by atoms with Crippen LogP contribution in [-0.2, 0) is 0 Å². The molecule has 142 valence electrons. The Morgan fingerprint density at radius 3 is 2.93 bits per heavy atom. The Morgan fingerprint density at radius 1 is 1.31 bits per heavy atom. The van der Waals surface area contributed by atoms with E-state index in [2.05, 4.69) is 42.0 Å². The number of fused-ring (bicyclic) bond motifs is 1. The van der Waals surface area contributed by atoms with Gasteiger partial charge < -0.3 is 4.74 Å². The Balaban J connectivity index is 1.62. The predicted molar refractivity (Wildman–Crippen MR) is 103 cm³/mol. The average molecular weight is 390 g/mol. The molecule has 10 heteroatoms. The second kappa shape index (κ2) is 7.34. The Bertz CT molecular complexity index is 1310. The van der Waals surface area contributed by atoms with Gasteiger partial charge in [0.2, 0.25) is 11.7 Å². The van der Waals surface area contributed by atoms with Crippen LogP contribution >= 0.6 is 0 Å². The molecule has 3 heterocycles. The van der Waals surface area contributed by atoms with Crippen molar-refractivity contribution in [1.82, 2.24) is 29.6 Å². The summed E-state index contributed by atoms with van der Waals surface area (Å²) >= 11 is 0. The standard InChI is InChI=1S/C19H12FN7O2/c1-11-21-8-15(23-11)24-19(28)13-3-5-14(20)12(7-13)4-6-16-25-26-17-9-22-18(29-2)10-27(16)17/h3,5,7-10H,1-2H3/p+1. The zero-order valence-corrected chi connectivity index (χ0v) is 15.3. The number of carbonyl (C=O) groups is 1. The van der Waals surface area contributed by atoms with Gasteiger partial charge in [-0.15, -0.1) is 10.2 Å². The molecule has 0 unspecified atom stereocenters. The van der Waals surface area contributed by atoms with E-state index < -0.39 is 11.7 Å². The number of methoxy groups -OCH3 is 1. The molecule has 0 radical (unpaired) electrons. The van der Waals surface area contributed by atoms with Crippen LogP contribution in [0.4, 0.5) is 4.39 Å². The number of rotatable bonds is 2. The molecule has 0 saturated carbocycles. The van der Waals surface area contributed by atoms with Crippen LogP contribution in [0.15, 0.2) is 35.6 Å². The molecule has 0 bridgehead atoms. The van der Waals surface area contributed by atoms with Crippen molar-refractivity contribution in [1.29, 1.82) is 0 Å². The normalized spacial score (nSPS) is 12.2. The molecule has 1 N–H and O–H groups in total. The first-order valence-electron chi connectivity index (χ1n) is 8.37. The minimum atomic E-state index is -0.564. The number of hydrogen-bond donors (Lipinski definition) is 1. The molecule has 0 atom stereocenters. The zero-order chi connectivity index (χ0) is 20.4. The van der Waals surface area contributed by atoms with Gasteiger partial charge in [-0.3, -0.25) is 14.5 Å². The minimum absolute atomic E-state index is 0.0418. The van der Waals surface area contributed by atoms with E-state index >= 15 is 0 Å². The zero-order valence-electron chi connectivity index (χ0n) is 15.3. The van der Waals surface area contributed by atoms with E-state index in [4.69, 9.17) is 4.74 Å².